The van der Waals surface area contributed by atoms with Gasteiger partial charge in [0, 0.05) is 11.6 Å². The van der Waals surface area contributed by atoms with Crippen LogP contribution in [0.25, 0.3) is 10.8 Å². The van der Waals surface area contributed by atoms with Crippen LogP contribution in [0.1, 0.15) is 10.4 Å². The van der Waals surface area contributed by atoms with Gasteiger partial charge in [-0.2, -0.15) is 0 Å². The van der Waals surface area contributed by atoms with Crippen LogP contribution in [0.5, 0.6) is 0 Å². The van der Waals surface area contributed by atoms with E-state index in [2.05, 4.69) is 4.98 Å². The van der Waals surface area contributed by atoms with E-state index in [0.29, 0.717) is 0 Å². The van der Waals surface area contributed by atoms with Crippen molar-refractivity contribution in [3.63, 3.8) is 0 Å². The Hall–Kier alpha value is -2.55. The summed E-state index contributed by atoms with van der Waals surface area (Å²) in [6.07, 6.45) is 1.83. The van der Waals surface area contributed by atoms with Gasteiger partial charge in [0.1, 0.15) is 5.82 Å². The van der Waals surface area contributed by atoms with Gasteiger partial charge in [0.25, 0.3) is 5.91 Å². The van der Waals surface area contributed by atoms with Crippen molar-refractivity contribution in [3.05, 3.63) is 60.3 Å². The fraction of sp³-hybridized carbons (Fsp3) is 0. The van der Waals surface area contributed by atoms with Crippen LogP contribution in [0.2, 0.25) is 0 Å². The lowest BCUT2D eigenvalue weighted by molar-refractivity contribution is 0.100. The van der Waals surface area contributed by atoms with Gasteiger partial charge >= 0.3 is 0 Å². The smallest absolute Gasteiger partial charge is 0.264 e. The topological polar surface area (TPSA) is 36.1 Å². The van der Waals surface area contributed by atoms with Gasteiger partial charge < -0.3 is 4.98 Å². The quantitative estimate of drug-likeness (QED) is 0.687. The summed E-state index contributed by atoms with van der Waals surface area (Å²) in [5, 5.41) is 2.15. The Kier molecular flexibility index (Phi) is 1.70. The van der Waals surface area contributed by atoms with E-state index < -0.39 is 0 Å². The molecule has 0 unspecified atom stereocenters. The molecular formula is C15H10N2O. The average Bonchev–Trinajstić information content (AvgIpc) is 3.00. The van der Waals surface area contributed by atoms with E-state index in [4.69, 9.17) is 0 Å². The summed E-state index contributed by atoms with van der Waals surface area (Å²) in [6.45, 7) is 0. The second kappa shape index (κ2) is 3.23. The molecule has 0 spiro atoms. The summed E-state index contributed by atoms with van der Waals surface area (Å²) in [7, 11) is 0. The van der Waals surface area contributed by atoms with Gasteiger partial charge in [-0.15, -0.1) is 0 Å². The van der Waals surface area contributed by atoms with E-state index in [1.54, 1.807) is 4.90 Å². The second-order valence-electron chi connectivity index (χ2n) is 4.38. The first-order valence-electron chi connectivity index (χ1n) is 5.86. The van der Waals surface area contributed by atoms with Crippen LogP contribution in [0.15, 0.2) is 54.7 Å². The molecule has 2 aromatic carbocycles. The molecule has 1 aliphatic rings. The van der Waals surface area contributed by atoms with E-state index >= 15 is 0 Å². The molecular weight excluding hydrogens is 224 g/mol. The average molecular weight is 234 g/mol. The van der Waals surface area contributed by atoms with Crippen molar-refractivity contribution in [1.82, 2.24) is 4.98 Å². The van der Waals surface area contributed by atoms with Crippen molar-refractivity contribution in [2.24, 2.45) is 0 Å². The number of hydrogen-bond acceptors (Lipinski definition) is 1. The van der Waals surface area contributed by atoms with Gasteiger partial charge in [-0.05, 0) is 29.7 Å². The molecule has 0 fully saturated rings. The molecule has 18 heavy (non-hydrogen) atoms. The van der Waals surface area contributed by atoms with Crippen LogP contribution in [0, 0.1) is 0 Å². The third kappa shape index (κ3) is 1.06. The zero-order valence-electron chi connectivity index (χ0n) is 9.55. The molecule has 1 amide bonds. The molecule has 0 saturated carbocycles. The Bertz CT molecular complexity index is 754. The van der Waals surface area contributed by atoms with Gasteiger partial charge in [0.2, 0.25) is 0 Å². The zero-order valence-corrected chi connectivity index (χ0v) is 9.55. The molecule has 0 saturated heterocycles. The number of benzene rings is 2. The van der Waals surface area contributed by atoms with Crippen LogP contribution >= 0.6 is 0 Å². The second-order valence-corrected chi connectivity index (χ2v) is 4.38. The summed E-state index contributed by atoms with van der Waals surface area (Å²) in [5.41, 5.74) is 1.73. The summed E-state index contributed by atoms with van der Waals surface area (Å²) >= 11 is 0. The first kappa shape index (κ1) is 9.48. The molecule has 2 heterocycles. The number of amides is 1. The first-order valence-corrected chi connectivity index (χ1v) is 5.86. The lowest BCUT2D eigenvalue weighted by atomic mass is 10.1. The minimum Gasteiger partial charge on any atom is -0.348 e. The van der Waals surface area contributed by atoms with Crippen molar-refractivity contribution in [2.45, 2.75) is 0 Å². The lowest BCUT2D eigenvalue weighted by Crippen LogP contribution is -2.20. The van der Waals surface area contributed by atoms with Gasteiger partial charge in [0.15, 0.2) is 0 Å². The fourth-order valence-electron chi connectivity index (χ4n) is 2.61. The van der Waals surface area contributed by atoms with Gasteiger partial charge in [-0.25, -0.2) is 0 Å². The molecule has 3 nitrogen and oxygen atoms in total. The minimum atomic E-state index is 0.0317. The largest absolute Gasteiger partial charge is 0.348 e. The molecule has 1 N–H and O–H groups in total. The number of nitrogens with zero attached hydrogens (tertiary/aromatic N) is 1. The minimum absolute atomic E-state index is 0.0317. The van der Waals surface area contributed by atoms with E-state index in [9.17, 15) is 4.79 Å². The van der Waals surface area contributed by atoms with Crippen LogP contribution in [-0.4, -0.2) is 10.9 Å². The number of aromatic amines is 1. The van der Waals surface area contributed by atoms with Crippen molar-refractivity contribution in [2.75, 3.05) is 4.90 Å². The molecule has 3 aromatic rings. The number of hydrogen-bond donors (Lipinski definition) is 1. The molecule has 0 aliphatic carbocycles. The molecule has 4 rings (SSSR count). The third-order valence-corrected chi connectivity index (χ3v) is 3.38. The Balaban J connectivity index is 2.08. The van der Waals surface area contributed by atoms with Crippen molar-refractivity contribution < 1.29 is 4.79 Å². The van der Waals surface area contributed by atoms with Gasteiger partial charge in [0.05, 0.1) is 11.3 Å². The molecule has 0 radical (unpaired) electrons. The third-order valence-electron chi connectivity index (χ3n) is 3.38. The maximum absolute atomic E-state index is 12.5. The number of nitrogens with one attached hydrogen (secondary N) is 1. The SMILES string of the molecule is O=C1c2cccc3cccc(c23)N1c1ccc[nH]1. The number of aromatic nitrogens is 1. The summed E-state index contributed by atoms with van der Waals surface area (Å²) in [6, 6.07) is 15.7. The highest BCUT2D eigenvalue weighted by Gasteiger charge is 2.30. The Morgan fingerprint density at radius 3 is 2.56 bits per heavy atom. The Morgan fingerprint density at radius 2 is 1.78 bits per heavy atom. The molecule has 0 atom stereocenters. The number of rotatable bonds is 1. The Labute approximate surface area is 104 Å². The van der Waals surface area contributed by atoms with Crippen LogP contribution < -0.4 is 4.90 Å². The maximum Gasteiger partial charge on any atom is 0.264 e. The molecule has 1 aromatic heterocycles. The van der Waals surface area contributed by atoms with Crippen LogP contribution in [0.4, 0.5) is 11.5 Å². The van der Waals surface area contributed by atoms with Crippen molar-refractivity contribution in [3.8, 4) is 0 Å². The first-order chi connectivity index (χ1) is 8.86. The fourth-order valence-corrected chi connectivity index (χ4v) is 2.61. The number of carbonyl (C=O) groups excluding carboxylic acids is 1. The van der Waals surface area contributed by atoms with Crippen LogP contribution in [0.3, 0.4) is 0 Å². The van der Waals surface area contributed by atoms with E-state index in [1.807, 2.05) is 54.7 Å². The maximum atomic E-state index is 12.5. The predicted octanol–water partition coefficient (Wildman–Crippen LogP) is 3.46. The number of anilines is 2. The highest BCUT2D eigenvalue weighted by atomic mass is 16.2. The predicted molar refractivity (Wildman–Crippen MR) is 71.2 cm³/mol. The Morgan fingerprint density at radius 1 is 0.944 bits per heavy atom. The highest BCUT2D eigenvalue weighted by molar-refractivity contribution is 6.27. The monoisotopic (exact) mass is 234 g/mol. The molecule has 86 valence electrons. The van der Waals surface area contributed by atoms with Crippen molar-refractivity contribution in [1.29, 1.82) is 0 Å². The van der Waals surface area contributed by atoms with Crippen molar-refractivity contribution >= 4 is 28.2 Å². The van der Waals surface area contributed by atoms with Gasteiger partial charge in [-0.3, -0.25) is 9.69 Å². The summed E-state index contributed by atoms with van der Waals surface area (Å²) in [4.78, 5) is 17.3. The normalized spacial score (nSPS) is 13.6. The zero-order chi connectivity index (χ0) is 12.1. The van der Waals surface area contributed by atoms with E-state index in [1.165, 1.54) is 0 Å². The summed E-state index contributed by atoms with van der Waals surface area (Å²) in [5.74, 6) is 0.841. The molecule has 1 aliphatic heterocycles. The highest BCUT2D eigenvalue weighted by Crippen LogP contribution is 2.40. The summed E-state index contributed by atoms with van der Waals surface area (Å²) < 4.78 is 0. The molecule has 3 heteroatoms. The number of carbonyl (C=O) groups is 1. The standard InChI is InChI=1S/C15H10N2O/c18-15-11-6-1-4-10-5-2-7-12(14(10)11)17(15)13-8-3-9-16-13/h1-9,16H. The van der Waals surface area contributed by atoms with E-state index in [0.717, 1.165) is 27.8 Å². The van der Waals surface area contributed by atoms with Crippen LogP contribution in [-0.2, 0) is 0 Å². The van der Waals surface area contributed by atoms with E-state index in [-0.39, 0.29) is 5.91 Å². The lowest BCUT2D eigenvalue weighted by Gasteiger charge is -2.15. The van der Waals surface area contributed by atoms with Gasteiger partial charge in [-0.1, -0.05) is 24.3 Å². The number of H-pyrrole nitrogens is 1. The molecule has 0 bridgehead atoms.